The highest BCUT2D eigenvalue weighted by Gasteiger charge is 2.58. The van der Waals surface area contributed by atoms with E-state index in [2.05, 4.69) is 20.8 Å². The molecular formula is C23H37F3. The van der Waals surface area contributed by atoms with E-state index in [0.717, 1.165) is 29.6 Å². The number of halogens is 3. The third-order valence-electron chi connectivity index (χ3n) is 9.55. The molecule has 26 heavy (non-hydrogen) atoms. The van der Waals surface area contributed by atoms with Crippen molar-refractivity contribution >= 4 is 0 Å². The highest BCUT2D eigenvalue weighted by atomic mass is 19.4. The molecule has 0 heterocycles. The zero-order valence-corrected chi connectivity index (χ0v) is 16.8. The van der Waals surface area contributed by atoms with Crippen LogP contribution in [0.25, 0.3) is 0 Å². The Morgan fingerprint density at radius 1 is 0.885 bits per heavy atom. The Morgan fingerprint density at radius 3 is 2.35 bits per heavy atom. The molecule has 0 aliphatic heterocycles. The molecule has 0 saturated heterocycles. The van der Waals surface area contributed by atoms with Crippen molar-refractivity contribution < 1.29 is 13.2 Å². The molecule has 4 saturated carbocycles. The van der Waals surface area contributed by atoms with Gasteiger partial charge < -0.3 is 0 Å². The molecule has 0 aromatic rings. The summed E-state index contributed by atoms with van der Waals surface area (Å²) in [5.74, 6) is 5.90. The van der Waals surface area contributed by atoms with Crippen molar-refractivity contribution in [2.75, 3.05) is 0 Å². The van der Waals surface area contributed by atoms with Gasteiger partial charge in [-0.2, -0.15) is 13.2 Å². The van der Waals surface area contributed by atoms with Gasteiger partial charge in [-0.05, 0) is 104 Å². The van der Waals surface area contributed by atoms with Gasteiger partial charge in [0, 0.05) is 6.42 Å². The zero-order chi connectivity index (χ0) is 18.7. The molecule has 0 aromatic heterocycles. The first-order valence-electron chi connectivity index (χ1n) is 11.3. The molecule has 9 atom stereocenters. The fourth-order valence-corrected chi connectivity index (χ4v) is 8.49. The van der Waals surface area contributed by atoms with E-state index in [-0.39, 0.29) is 11.3 Å². The van der Waals surface area contributed by atoms with Gasteiger partial charge in [-0.1, -0.05) is 27.2 Å². The van der Waals surface area contributed by atoms with Crippen LogP contribution in [0.3, 0.4) is 0 Å². The number of fused-ring (bicyclic) bond motifs is 5. The quantitative estimate of drug-likeness (QED) is 0.472. The lowest BCUT2D eigenvalue weighted by atomic mass is 9.49. The van der Waals surface area contributed by atoms with Crippen LogP contribution in [-0.2, 0) is 0 Å². The lowest BCUT2D eigenvalue weighted by Gasteiger charge is -2.56. The fourth-order valence-electron chi connectivity index (χ4n) is 8.49. The summed E-state index contributed by atoms with van der Waals surface area (Å²) < 4.78 is 38.6. The maximum Gasteiger partial charge on any atom is 0.389 e. The summed E-state index contributed by atoms with van der Waals surface area (Å²) in [5.41, 5.74) is 0.167. The van der Waals surface area contributed by atoms with Crippen LogP contribution in [0.4, 0.5) is 13.2 Å². The van der Waals surface area contributed by atoms with Gasteiger partial charge >= 0.3 is 6.18 Å². The normalized spacial score (nSPS) is 51.5. The van der Waals surface area contributed by atoms with Crippen molar-refractivity contribution in [3.8, 4) is 0 Å². The Bertz CT molecular complexity index is 512. The molecule has 4 aliphatic carbocycles. The van der Waals surface area contributed by atoms with Gasteiger partial charge in [0.05, 0.1) is 0 Å². The van der Waals surface area contributed by atoms with Crippen molar-refractivity contribution in [1.82, 2.24) is 0 Å². The molecule has 0 N–H and O–H groups in total. The standard InChI is InChI=1S/C23H37F3/c1-14-4-6-17-16(12-14)5-7-19-18(17)8-10-22(3)20(9-11-23(24,25)26)15(2)13-21(19)22/h14-21H,4-13H2,1-3H3/t14?,15-,16?,17?,18?,19?,20?,21?,22?/m1/s1. The summed E-state index contributed by atoms with van der Waals surface area (Å²) in [6.45, 7) is 7.03. The van der Waals surface area contributed by atoms with Crippen molar-refractivity contribution in [2.45, 2.75) is 91.2 Å². The third-order valence-corrected chi connectivity index (χ3v) is 9.55. The molecule has 0 spiro atoms. The number of alkyl halides is 3. The van der Waals surface area contributed by atoms with E-state index in [1.54, 1.807) is 0 Å². The maximum atomic E-state index is 12.9. The molecule has 4 fully saturated rings. The molecule has 3 heteroatoms. The summed E-state index contributed by atoms with van der Waals surface area (Å²) in [6, 6.07) is 0. The lowest BCUT2D eigenvalue weighted by Crippen LogP contribution is -2.48. The molecule has 4 rings (SSSR count). The van der Waals surface area contributed by atoms with Crippen LogP contribution in [0.1, 0.15) is 85.0 Å². The predicted molar refractivity (Wildman–Crippen MR) is 99.6 cm³/mol. The molecule has 0 radical (unpaired) electrons. The highest BCUT2D eigenvalue weighted by molar-refractivity contribution is 5.07. The predicted octanol–water partition coefficient (Wildman–Crippen LogP) is 7.48. The molecule has 0 amide bonds. The van der Waals surface area contributed by atoms with Crippen molar-refractivity contribution in [1.29, 1.82) is 0 Å². The summed E-state index contributed by atoms with van der Waals surface area (Å²) in [5, 5.41) is 0. The Hall–Kier alpha value is -0.210. The minimum absolute atomic E-state index is 0.167. The lowest BCUT2D eigenvalue weighted by molar-refractivity contribution is -0.142. The van der Waals surface area contributed by atoms with E-state index in [1.165, 1.54) is 51.4 Å². The average molecular weight is 371 g/mol. The van der Waals surface area contributed by atoms with Gasteiger partial charge in [-0.15, -0.1) is 0 Å². The Labute approximate surface area is 157 Å². The van der Waals surface area contributed by atoms with Gasteiger partial charge in [0.1, 0.15) is 0 Å². The molecular weight excluding hydrogens is 333 g/mol. The fraction of sp³-hybridized carbons (Fsp3) is 1.00. The second-order valence-electron chi connectivity index (χ2n) is 10.9. The van der Waals surface area contributed by atoms with E-state index >= 15 is 0 Å². The largest absolute Gasteiger partial charge is 0.389 e. The van der Waals surface area contributed by atoms with Crippen LogP contribution in [0.15, 0.2) is 0 Å². The van der Waals surface area contributed by atoms with Crippen LogP contribution in [0, 0.1) is 52.8 Å². The Balaban J connectivity index is 1.50. The van der Waals surface area contributed by atoms with Gasteiger partial charge in [-0.3, -0.25) is 0 Å². The van der Waals surface area contributed by atoms with Gasteiger partial charge in [0.25, 0.3) is 0 Å². The summed E-state index contributed by atoms with van der Waals surface area (Å²) >= 11 is 0. The van der Waals surface area contributed by atoms with Crippen LogP contribution in [-0.4, -0.2) is 6.18 Å². The van der Waals surface area contributed by atoms with Crippen LogP contribution < -0.4 is 0 Å². The molecule has 0 nitrogen and oxygen atoms in total. The average Bonchev–Trinajstić information content (AvgIpc) is 2.81. The first-order chi connectivity index (χ1) is 12.2. The van der Waals surface area contributed by atoms with Crippen LogP contribution in [0.2, 0.25) is 0 Å². The summed E-state index contributed by atoms with van der Waals surface area (Å²) in [7, 11) is 0. The first-order valence-corrected chi connectivity index (χ1v) is 11.3. The summed E-state index contributed by atoms with van der Waals surface area (Å²) in [4.78, 5) is 0. The number of hydrogen-bond donors (Lipinski definition) is 0. The van der Waals surface area contributed by atoms with Gasteiger partial charge in [-0.25, -0.2) is 0 Å². The van der Waals surface area contributed by atoms with E-state index in [0.29, 0.717) is 18.3 Å². The van der Waals surface area contributed by atoms with Crippen molar-refractivity contribution in [2.24, 2.45) is 52.8 Å². The molecule has 0 aromatic carbocycles. The second-order valence-corrected chi connectivity index (χ2v) is 10.9. The first kappa shape index (κ1) is 19.1. The number of rotatable bonds is 2. The van der Waals surface area contributed by atoms with Gasteiger partial charge in [0.15, 0.2) is 0 Å². The van der Waals surface area contributed by atoms with Crippen molar-refractivity contribution in [3.05, 3.63) is 0 Å². The third kappa shape index (κ3) is 3.24. The van der Waals surface area contributed by atoms with E-state index in [1.807, 2.05) is 0 Å². The molecule has 8 unspecified atom stereocenters. The molecule has 150 valence electrons. The van der Waals surface area contributed by atoms with Crippen molar-refractivity contribution in [3.63, 3.8) is 0 Å². The second kappa shape index (κ2) is 6.69. The van der Waals surface area contributed by atoms with E-state index in [4.69, 9.17) is 0 Å². The van der Waals surface area contributed by atoms with Crippen LogP contribution in [0.5, 0.6) is 0 Å². The molecule has 4 aliphatic rings. The van der Waals surface area contributed by atoms with E-state index < -0.39 is 12.6 Å². The highest BCUT2D eigenvalue weighted by Crippen LogP contribution is 2.66. The number of hydrogen-bond acceptors (Lipinski definition) is 0. The van der Waals surface area contributed by atoms with Gasteiger partial charge in [0.2, 0.25) is 0 Å². The van der Waals surface area contributed by atoms with E-state index in [9.17, 15) is 13.2 Å². The maximum absolute atomic E-state index is 12.9. The van der Waals surface area contributed by atoms with Crippen LogP contribution >= 0.6 is 0 Å². The minimum Gasteiger partial charge on any atom is -0.171 e. The molecule has 0 bridgehead atoms. The zero-order valence-electron chi connectivity index (χ0n) is 16.8. The Kier molecular flexibility index (Phi) is 4.92. The topological polar surface area (TPSA) is 0 Å². The minimum atomic E-state index is -4.00. The smallest absolute Gasteiger partial charge is 0.171 e. The Morgan fingerprint density at radius 2 is 1.62 bits per heavy atom. The monoisotopic (exact) mass is 370 g/mol. The SMILES string of the molecule is CC1CCC2C(CCC3C2CCC2(C)C3C[C@@H](C)C2CCC(F)(F)F)C1. The summed E-state index contributed by atoms with van der Waals surface area (Å²) in [6.07, 6.45) is 6.45.